The first-order valence-electron chi connectivity index (χ1n) is 6.38. The number of ketones is 1. The Morgan fingerprint density at radius 2 is 1.83 bits per heavy atom. The highest BCUT2D eigenvalue weighted by atomic mass is 16.6. The van der Waals surface area contributed by atoms with Crippen LogP contribution < -0.4 is 0 Å². The molecule has 0 atom stereocenters. The molecule has 1 rings (SSSR count). The first-order chi connectivity index (χ1) is 8.63. The van der Waals surface area contributed by atoms with E-state index >= 15 is 0 Å². The molecule has 0 N–H and O–H groups in total. The highest BCUT2D eigenvalue weighted by Gasteiger charge is 2.06. The summed E-state index contributed by atoms with van der Waals surface area (Å²) in [5.74, 6) is 0.279. The summed E-state index contributed by atoms with van der Waals surface area (Å²) in [6.45, 7) is 2.11. The van der Waals surface area contributed by atoms with Gasteiger partial charge in [0.25, 0.3) is 5.69 Å². The molecule has 0 heterocycles. The molecule has 0 aromatic heterocycles. The molecule has 98 valence electrons. The Balaban J connectivity index is 2.34. The van der Waals surface area contributed by atoms with Crippen molar-refractivity contribution in [2.45, 2.75) is 45.4 Å². The van der Waals surface area contributed by atoms with Crippen LogP contribution in [-0.2, 0) is 11.2 Å². The average Bonchev–Trinajstić information content (AvgIpc) is 2.37. The highest BCUT2D eigenvalue weighted by Crippen LogP contribution is 2.13. The fourth-order valence-corrected chi connectivity index (χ4v) is 1.77. The van der Waals surface area contributed by atoms with Gasteiger partial charge in [-0.1, -0.05) is 31.9 Å². The van der Waals surface area contributed by atoms with E-state index in [-0.39, 0.29) is 11.5 Å². The molecular formula is C14H19NO3. The zero-order chi connectivity index (χ0) is 13.4. The minimum atomic E-state index is -0.417. The summed E-state index contributed by atoms with van der Waals surface area (Å²) in [6.07, 6.45) is 5.04. The van der Waals surface area contributed by atoms with Crippen molar-refractivity contribution in [1.29, 1.82) is 0 Å². The molecule has 4 nitrogen and oxygen atoms in total. The third kappa shape index (κ3) is 5.08. The van der Waals surface area contributed by atoms with Gasteiger partial charge in [-0.2, -0.15) is 0 Å². The fraction of sp³-hybridized carbons (Fsp3) is 0.500. The van der Waals surface area contributed by atoms with Crippen molar-refractivity contribution in [3.05, 3.63) is 39.9 Å². The quantitative estimate of drug-likeness (QED) is 0.401. The van der Waals surface area contributed by atoms with E-state index in [9.17, 15) is 14.9 Å². The van der Waals surface area contributed by atoms with Gasteiger partial charge in [0.15, 0.2) is 0 Å². The number of nitro benzene ring substituents is 1. The summed E-state index contributed by atoms with van der Waals surface area (Å²) < 4.78 is 0. The normalized spacial score (nSPS) is 10.3. The molecule has 0 bridgehead atoms. The molecule has 0 aliphatic rings. The average molecular weight is 249 g/mol. The Morgan fingerprint density at radius 1 is 1.17 bits per heavy atom. The van der Waals surface area contributed by atoms with Crippen molar-refractivity contribution < 1.29 is 9.72 Å². The molecule has 0 unspecified atom stereocenters. The topological polar surface area (TPSA) is 60.2 Å². The second kappa shape index (κ2) is 7.58. The molecule has 4 heteroatoms. The van der Waals surface area contributed by atoms with E-state index in [2.05, 4.69) is 6.92 Å². The van der Waals surface area contributed by atoms with Gasteiger partial charge in [0, 0.05) is 25.0 Å². The molecule has 18 heavy (non-hydrogen) atoms. The van der Waals surface area contributed by atoms with E-state index in [0.29, 0.717) is 19.3 Å². The van der Waals surface area contributed by atoms with Crippen LogP contribution in [0.5, 0.6) is 0 Å². The Labute approximate surface area is 107 Å². The van der Waals surface area contributed by atoms with Gasteiger partial charge in [0.1, 0.15) is 5.78 Å². The van der Waals surface area contributed by atoms with Crippen LogP contribution in [0.3, 0.4) is 0 Å². The smallest absolute Gasteiger partial charge is 0.269 e. The first-order valence-corrected chi connectivity index (χ1v) is 6.38. The lowest BCUT2D eigenvalue weighted by Gasteiger charge is -2.01. The van der Waals surface area contributed by atoms with Crippen LogP contribution in [0, 0.1) is 10.1 Å². The van der Waals surface area contributed by atoms with Gasteiger partial charge in [-0.3, -0.25) is 14.9 Å². The molecule has 0 amide bonds. The number of nitro groups is 1. The summed E-state index contributed by atoms with van der Waals surface area (Å²) >= 11 is 0. The lowest BCUT2D eigenvalue weighted by molar-refractivity contribution is -0.384. The number of benzene rings is 1. The molecule has 1 aromatic rings. The minimum absolute atomic E-state index is 0.0908. The number of hydrogen-bond acceptors (Lipinski definition) is 3. The number of unbranched alkanes of at least 4 members (excludes halogenated alkanes) is 2. The number of nitrogens with zero attached hydrogens (tertiary/aromatic N) is 1. The number of carbonyl (C=O) groups excluding carboxylic acids is 1. The van der Waals surface area contributed by atoms with Crippen LogP contribution in [0.1, 0.15) is 44.6 Å². The summed E-state index contributed by atoms with van der Waals surface area (Å²) in [5, 5.41) is 10.5. The van der Waals surface area contributed by atoms with Crippen molar-refractivity contribution in [3.8, 4) is 0 Å². The molecule has 0 saturated carbocycles. The number of aryl methyl sites for hydroxylation is 1. The van der Waals surface area contributed by atoms with Gasteiger partial charge >= 0.3 is 0 Å². The molecule has 0 spiro atoms. The molecule has 0 saturated heterocycles. The molecule has 0 radical (unpaired) electrons. The Morgan fingerprint density at radius 3 is 2.39 bits per heavy atom. The van der Waals surface area contributed by atoms with Crippen LogP contribution >= 0.6 is 0 Å². The molecule has 0 fully saturated rings. The van der Waals surface area contributed by atoms with Crippen LogP contribution in [0.4, 0.5) is 5.69 Å². The minimum Gasteiger partial charge on any atom is -0.300 e. The predicted molar refractivity (Wildman–Crippen MR) is 70.6 cm³/mol. The third-order valence-corrected chi connectivity index (χ3v) is 2.90. The first kappa shape index (κ1) is 14.4. The van der Waals surface area contributed by atoms with Crippen molar-refractivity contribution in [2.24, 2.45) is 0 Å². The lowest BCUT2D eigenvalue weighted by Crippen LogP contribution is -2.00. The Hall–Kier alpha value is -1.71. The number of Topliss-reactive ketones (excluding diaryl/α,β-unsaturated/α-hetero) is 1. The van der Waals surface area contributed by atoms with E-state index in [1.54, 1.807) is 12.1 Å². The maximum Gasteiger partial charge on any atom is 0.269 e. The largest absolute Gasteiger partial charge is 0.300 e. The van der Waals surface area contributed by atoms with E-state index in [0.717, 1.165) is 24.8 Å². The number of rotatable bonds is 8. The van der Waals surface area contributed by atoms with Crippen molar-refractivity contribution in [1.82, 2.24) is 0 Å². The Bertz CT molecular complexity index is 398. The molecular weight excluding hydrogens is 230 g/mol. The van der Waals surface area contributed by atoms with Crippen LogP contribution in [0.25, 0.3) is 0 Å². The molecule has 0 aliphatic heterocycles. The number of carbonyl (C=O) groups is 1. The second-order valence-electron chi connectivity index (χ2n) is 4.42. The van der Waals surface area contributed by atoms with Gasteiger partial charge in [-0.05, 0) is 18.4 Å². The van der Waals surface area contributed by atoms with E-state index in [1.165, 1.54) is 12.1 Å². The van der Waals surface area contributed by atoms with Crippen LogP contribution in [0.2, 0.25) is 0 Å². The van der Waals surface area contributed by atoms with Gasteiger partial charge in [0.05, 0.1) is 4.92 Å². The number of non-ortho nitro benzene ring substituents is 1. The van der Waals surface area contributed by atoms with E-state index in [1.807, 2.05) is 0 Å². The van der Waals surface area contributed by atoms with Crippen molar-refractivity contribution in [3.63, 3.8) is 0 Å². The summed E-state index contributed by atoms with van der Waals surface area (Å²) in [6, 6.07) is 6.41. The summed E-state index contributed by atoms with van der Waals surface area (Å²) in [7, 11) is 0. The van der Waals surface area contributed by atoms with Gasteiger partial charge in [0.2, 0.25) is 0 Å². The summed E-state index contributed by atoms with van der Waals surface area (Å²) in [5.41, 5.74) is 1.07. The standard InChI is InChI=1S/C14H19NO3/c1-2-3-4-5-14(16)11-8-12-6-9-13(10-7-12)15(17)18/h6-7,9-10H,2-5,8,11H2,1H3. The summed E-state index contributed by atoms with van der Waals surface area (Å²) in [4.78, 5) is 21.6. The van der Waals surface area contributed by atoms with Crippen molar-refractivity contribution in [2.75, 3.05) is 0 Å². The van der Waals surface area contributed by atoms with Crippen LogP contribution in [0.15, 0.2) is 24.3 Å². The fourth-order valence-electron chi connectivity index (χ4n) is 1.77. The molecule has 0 aliphatic carbocycles. The van der Waals surface area contributed by atoms with E-state index < -0.39 is 4.92 Å². The maximum atomic E-state index is 11.6. The maximum absolute atomic E-state index is 11.6. The third-order valence-electron chi connectivity index (χ3n) is 2.90. The van der Waals surface area contributed by atoms with E-state index in [4.69, 9.17) is 0 Å². The molecule has 1 aromatic carbocycles. The lowest BCUT2D eigenvalue weighted by atomic mass is 10.0. The van der Waals surface area contributed by atoms with Gasteiger partial charge in [-0.25, -0.2) is 0 Å². The van der Waals surface area contributed by atoms with Gasteiger partial charge < -0.3 is 0 Å². The zero-order valence-electron chi connectivity index (χ0n) is 10.7. The monoisotopic (exact) mass is 249 g/mol. The predicted octanol–water partition coefficient (Wildman–Crippen LogP) is 3.68. The zero-order valence-corrected chi connectivity index (χ0v) is 10.7. The van der Waals surface area contributed by atoms with Crippen molar-refractivity contribution >= 4 is 11.5 Å². The Kier molecular flexibility index (Phi) is 6.05. The highest BCUT2D eigenvalue weighted by molar-refractivity contribution is 5.78. The SMILES string of the molecule is CCCCCC(=O)CCc1ccc([N+](=O)[O-])cc1. The number of hydrogen-bond donors (Lipinski definition) is 0. The van der Waals surface area contributed by atoms with Gasteiger partial charge in [-0.15, -0.1) is 0 Å². The van der Waals surface area contributed by atoms with Crippen LogP contribution in [-0.4, -0.2) is 10.7 Å². The second-order valence-corrected chi connectivity index (χ2v) is 4.42.